The molecule has 8 rings (SSSR count). The number of nitrogens with zero attached hydrogens (tertiary/aromatic N) is 1. The number of hydrogen-bond acceptors (Lipinski definition) is 29. The van der Waals surface area contributed by atoms with Gasteiger partial charge in [0.1, 0.15) is 72.8 Å². The number of carbonyl (C=O) groups excluding carboxylic acids is 8. The van der Waals surface area contributed by atoms with Crippen LogP contribution in [-0.2, 0) is 88.5 Å². The van der Waals surface area contributed by atoms with Crippen molar-refractivity contribution in [3.8, 4) is 23.0 Å². The minimum absolute atomic E-state index is 0.0764. The predicted molar refractivity (Wildman–Crippen MR) is 464 cm³/mol. The number of benzene rings is 4. The Bertz CT molecular complexity index is 5880. The van der Waals surface area contributed by atoms with Crippen LogP contribution in [0.1, 0.15) is 158 Å². The topological polar surface area (TPSA) is 728 Å². The Hall–Kier alpha value is -14.8. The highest BCUT2D eigenvalue weighted by Gasteiger charge is 2.36. The molecule has 4 heterocycles. The predicted octanol–water partition coefficient (Wildman–Crippen LogP) is 7.34. The largest absolute Gasteiger partial charge is 0.481 e. The van der Waals surface area contributed by atoms with Crippen molar-refractivity contribution < 1.29 is 157 Å². The van der Waals surface area contributed by atoms with Crippen molar-refractivity contribution in [3.05, 3.63) is 205 Å². The first-order chi connectivity index (χ1) is 61.6. The molecule has 0 aliphatic carbocycles. The zero-order chi connectivity index (χ0) is 99.1. The highest BCUT2D eigenvalue weighted by molar-refractivity contribution is 7.85. The molecule has 0 spiro atoms. The summed E-state index contributed by atoms with van der Waals surface area (Å²) >= 11 is 4.07. The zero-order valence-electron chi connectivity index (χ0n) is 69.6. The van der Waals surface area contributed by atoms with Crippen LogP contribution in [0.3, 0.4) is 0 Å². The summed E-state index contributed by atoms with van der Waals surface area (Å²) in [4.78, 5) is 180. The molecular weight excluding hydrogens is 1850 g/mol. The fourth-order valence-electron chi connectivity index (χ4n) is 11.0. The third-order valence-electron chi connectivity index (χ3n) is 17.7. The molecule has 0 aliphatic rings. The van der Waals surface area contributed by atoms with Crippen molar-refractivity contribution in [3.63, 3.8) is 0 Å². The number of carboxylic acids is 7. The number of halogens is 4. The van der Waals surface area contributed by atoms with Gasteiger partial charge in [0, 0.05) is 79.4 Å². The van der Waals surface area contributed by atoms with E-state index in [1.165, 1.54) is 72.8 Å². The number of aliphatic carboxylic acids is 7. The van der Waals surface area contributed by atoms with Crippen LogP contribution in [0.2, 0.25) is 0 Å². The number of hydrogen-bond donors (Lipinski definition) is 19. The van der Waals surface area contributed by atoms with E-state index >= 15 is 0 Å². The van der Waals surface area contributed by atoms with Gasteiger partial charge in [-0.2, -0.15) is 8.42 Å². The molecule has 41 nitrogen and oxygen atoms in total. The first-order valence-electron chi connectivity index (χ1n) is 38.2. The monoisotopic (exact) mass is 1940 g/mol. The van der Waals surface area contributed by atoms with Crippen molar-refractivity contribution in [2.75, 3.05) is 12.3 Å². The van der Waals surface area contributed by atoms with E-state index in [1.54, 1.807) is 45.9 Å². The third kappa shape index (κ3) is 35.0. The van der Waals surface area contributed by atoms with Crippen LogP contribution in [0.25, 0.3) is 0 Å². The summed E-state index contributed by atoms with van der Waals surface area (Å²) in [5.41, 5.74) is 21.2. The van der Waals surface area contributed by atoms with Crippen molar-refractivity contribution in [1.82, 2.24) is 20.9 Å². The van der Waals surface area contributed by atoms with Gasteiger partial charge in [-0.1, -0.05) is 20.8 Å². The third-order valence-corrected chi connectivity index (χ3v) is 23.0. The number of ether oxygens (including phenoxy) is 4. The van der Waals surface area contributed by atoms with E-state index in [4.69, 9.17) is 98.7 Å². The number of aryl methyl sites for hydroxylation is 4. The number of carbonyl (C=O) groups is 15. The van der Waals surface area contributed by atoms with Gasteiger partial charge in [0.05, 0.1) is 12.8 Å². The lowest BCUT2D eigenvalue weighted by atomic mass is 9.87. The minimum Gasteiger partial charge on any atom is -0.481 e. The standard InChI is InChI=1S/C22H24FN3O7S.C21H22FN3O7S.C20H20FN3O7S.C19H20FN3O8S2/c1-2-9-26(15(21(30)31)11-19(28)29)18(27)8-5-13-4-7-17(34-13)22(32)33-16-6-3-12(20(24)25)10-14(16)23;1-21(2,20(31)25-13(18(28)29)8-16(26)27)9-11-4-6-15(33-11)19(30)32-14-5-3-10(17(23)24)7-12(14)22;21-12-9-10(18(22)23)1-5-14(12)31-20(30)15-6-2-11(32-15)3-7-16(25)24-13(19(28)29)4-8-17(26)27;1-9-6-15(19(27)31-13-3-2-10(17(21)22)7-11(13)20)32-14(9)4-5-16(24)23-12(18(25)26)8-33(28,29)30/h3-4,6-7,10,15H,2,5,8-9,11H2,1H3,(H3,24,25)(H,28,29)(H,30,31);3-7,13H,8-9H2,1-2H3,(H3,23,24)(H,25,31)(H,26,27)(H,28,29);1-2,5-6,9,13H,3-4,7-8H2,(H3,22,23)(H,24,25)(H,26,27)(H,28,29);2-3,6-7,12H,4-5,8H2,1H3,(H3,21,22)(H,23,24)(H,25,26)(H,28,29,30)/t15-;2*13-;12-/m0000/s1. The summed E-state index contributed by atoms with van der Waals surface area (Å²) in [6, 6.07) is 18.4. The number of nitrogens with one attached hydrogen (secondary N) is 7. The molecular formula is C82H86F4N12O29S5. The number of rotatable bonds is 43. The van der Waals surface area contributed by atoms with Crippen LogP contribution < -0.4 is 57.8 Å². The second-order valence-corrected chi connectivity index (χ2v) is 34.6. The van der Waals surface area contributed by atoms with Gasteiger partial charge in [-0.15, -0.1) is 45.3 Å². The molecule has 706 valence electrons. The van der Waals surface area contributed by atoms with Crippen LogP contribution in [0.5, 0.6) is 23.0 Å². The maximum Gasteiger partial charge on any atom is 0.353 e. The smallest absolute Gasteiger partial charge is 0.353 e. The zero-order valence-corrected chi connectivity index (χ0v) is 73.7. The van der Waals surface area contributed by atoms with E-state index in [0.29, 0.717) is 31.5 Å². The number of carboxylic acid groups (broad SMARTS) is 7. The van der Waals surface area contributed by atoms with E-state index in [2.05, 4.69) is 10.6 Å². The molecule has 4 aromatic carbocycles. The van der Waals surface area contributed by atoms with E-state index in [9.17, 15) is 103 Å². The van der Waals surface area contributed by atoms with Gasteiger partial charge < -0.3 is 98.5 Å². The van der Waals surface area contributed by atoms with Crippen molar-refractivity contribution >= 4 is 168 Å². The molecule has 4 amide bonds. The number of amidine groups is 4. The molecule has 0 fully saturated rings. The lowest BCUT2D eigenvalue weighted by Gasteiger charge is -2.27. The summed E-state index contributed by atoms with van der Waals surface area (Å²) < 4.78 is 107. The summed E-state index contributed by atoms with van der Waals surface area (Å²) in [5.74, 6) is -22.8. The number of thiophene rings is 4. The van der Waals surface area contributed by atoms with Gasteiger partial charge >= 0.3 is 65.7 Å². The Kier molecular flexibility index (Phi) is 40.6. The van der Waals surface area contributed by atoms with Crippen LogP contribution in [0.15, 0.2) is 115 Å². The van der Waals surface area contributed by atoms with Crippen LogP contribution in [-0.4, -0.2) is 203 Å². The fourth-order valence-corrected chi connectivity index (χ4v) is 15.6. The van der Waals surface area contributed by atoms with Crippen LogP contribution in [0.4, 0.5) is 17.6 Å². The van der Waals surface area contributed by atoms with Gasteiger partial charge in [0.2, 0.25) is 23.6 Å². The molecule has 0 bridgehead atoms. The van der Waals surface area contributed by atoms with Gasteiger partial charge in [0.15, 0.2) is 46.3 Å². The Morgan fingerprint density at radius 3 is 1.16 bits per heavy atom. The van der Waals surface area contributed by atoms with E-state index < -0.39 is 177 Å². The fraction of sp³-hybridized carbons (Fsp3) is 0.280. The maximum absolute atomic E-state index is 14.1. The van der Waals surface area contributed by atoms with Crippen LogP contribution >= 0.6 is 45.3 Å². The molecule has 4 atom stereocenters. The van der Waals surface area contributed by atoms with Crippen LogP contribution in [0, 0.1) is 57.2 Å². The second-order valence-electron chi connectivity index (χ2n) is 28.5. The molecule has 0 radical (unpaired) electrons. The van der Waals surface area contributed by atoms with Crippen molar-refractivity contribution in [2.24, 2.45) is 28.3 Å². The minimum atomic E-state index is -4.62. The summed E-state index contributed by atoms with van der Waals surface area (Å²) in [5, 5.41) is 98.6. The molecule has 8 aromatic rings. The first kappa shape index (κ1) is 108. The second kappa shape index (κ2) is 49.7. The van der Waals surface area contributed by atoms with Gasteiger partial charge in [-0.25, -0.2) is 55.9 Å². The van der Waals surface area contributed by atoms with Gasteiger partial charge in [0.25, 0.3) is 10.1 Å². The Labute approximate surface area is 761 Å². The average molecular weight is 1940 g/mol. The Morgan fingerprint density at radius 1 is 0.447 bits per heavy atom. The first-order valence-corrected chi connectivity index (χ1v) is 43.0. The SMILES string of the molecule is CC(C)(Cc1ccc(C(=O)Oc2ccc(C(=N)N)cc2F)s1)C(=O)N[C@@H](CC(=O)O)C(=O)O.CCCN(C(=O)CCc1ccc(C(=O)Oc2ccc(C(=N)N)cc2F)s1)[C@@H](CC(=O)O)C(=O)O.Cc1cc(C(=O)Oc2ccc(C(=N)N)cc2F)sc1CCC(=O)N[C@@H](CS(=O)(=O)O)C(=O)O.N=C(N)c1ccc(OC(=O)c2ccc(CCC(=O)N[C@@H](CCC(=O)O)C(=O)O)s2)c(F)c1. The summed E-state index contributed by atoms with van der Waals surface area (Å²) in [6.45, 7) is 6.60. The average Bonchev–Trinajstić information content (AvgIpc) is 1.77. The lowest BCUT2D eigenvalue weighted by Crippen LogP contribution is -2.48. The van der Waals surface area contributed by atoms with Gasteiger partial charge in [-0.3, -0.25) is 59.8 Å². The Balaban J connectivity index is 0.000000311. The number of nitrogens with two attached hydrogens (primary N) is 4. The van der Waals surface area contributed by atoms with E-state index in [0.717, 1.165) is 74.5 Å². The quantitative estimate of drug-likeness (QED) is 0.00443. The molecule has 23 N–H and O–H groups in total. The Morgan fingerprint density at radius 2 is 0.811 bits per heavy atom. The number of esters is 4. The van der Waals surface area contributed by atoms with Crippen molar-refractivity contribution in [1.29, 1.82) is 21.6 Å². The molecule has 50 heteroatoms. The van der Waals surface area contributed by atoms with E-state index in [1.807, 2.05) is 5.32 Å². The molecule has 0 saturated carbocycles. The number of nitrogen functional groups attached to an aromatic ring is 4. The number of amides is 4. The van der Waals surface area contributed by atoms with E-state index in [-0.39, 0.29) is 146 Å². The highest BCUT2D eigenvalue weighted by Crippen LogP contribution is 2.32. The maximum atomic E-state index is 14.1. The normalized spacial score (nSPS) is 11.7. The lowest BCUT2D eigenvalue weighted by molar-refractivity contribution is -0.154. The summed E-state index contributed by atoms with van der Waals surface area (Å²) in [7, 11) is -4.62. The molecule has 0 aliphatic heterocycles. The molecule has 0 saturated heterocycles. The van der Waals surface area contributed by atoms with Gasteiger partial charge in [-0.05, 0) is 166 Å². The molecule has 0 unspecified atom stereocenters. The molecule has 4 aromatic heterocycles. The highest BCUT2D eigenvalue weighted by atomic mass is 32.2. The summed E-state index contributed by atoms with van der Waals surface area (Å²) in [6.07, 6.45) is -1.41. The van der Waals surface area contributed by atoms with Crippen molar-refractivity contribution in [2.45, 2.75) is 129 Å². The molecule has 132 heavy (non-hydrogen) atoms.